The van der Waals surface area contributed by atoms with Gasteiger partial charge in [-0.25, -0.2) is 0 Å². The van der Waals surface area contributed by atoms with Crippen LogP contribution in [0.1, 0.15) is 10.5 Å². The smallest absolute Gasteiger partial charge is 0.274 e. The van der Waals surface area contributed by atoms with Crippen LogP contribution in [0.3, 0.4) is 0 Å². The number of rotatable bonds is 2. The number of anilines is 1. The van der Waals surface area contributed by atoms with Crippen LogP contribution in [0.5, 0.6) is 0 Å². The SMILES string of the molecule is O=C(Nc1cccc2cccnc12)c1cc(Br)ccn1. The van der Waals surface area contributed by atoms with E-state index in [9.17, 15) is 4.79 Å². The first-order valence-corrected chi connectivity index (χ1v) is 6.80. The molecule has 0 aliphatic rings. The Bertz CT molecular complexity index is 783. The third-order valence-electron chi connectivity index (χ3n) is 2.84. The van der Waals surface area contributed by atoms with Gasteiger partial charge < -0.3 is 5.32 Å². The monoisotopic (exact) mass is 327 g/mol. The normalized spacial score (nSPS) is 10.4. The fourth-order valence-electron chi connectivity index (χ4n) is 1.92. The van der Waals surface area contributed by atoms with E-state index in [2.05, 4.69) is 31.2 Å². The van der Waals surface area contributed by atoms with Crippen molar-refractivity contribution < 1.29 is 4.79 Å². The molecule has 0 bridgehead atoms. The highest BCUT2D eigenvalue weighted by atomic mass is 79.9. The summed E-state index contributed by atoms with van der Waals surface area (Å²) in [5.41, 5.74) is 1.79. The Hall–Kier alpha value is -2.27. The van der Waals surface area contributed by atoms with Gasteiger partial charge in [0.2, 0.25) is 0 Å². The maximum absolute atomic E-state index is 12.2. The number of hydrogen-bond acceptors (Lipinski definition) is 3. The fraction of sp³-hybridized carbons (Fsp3) is 0. The van der Waals surface area contributed by atoms with E-state index in [-0.39, 0.29) is 5.91 Å². The van der Waals surface area contributed by atoms with E-state index in [1.807, 2.05) is 30.3 Å². The Morgan fingerprint density at radius 2 is 1.90 bits per heavy atom. The summed E-state index contributed by atoms with van der Waals surface area (Å²) in [6.07, 6.45) is 3.29. The van der Waals surface area contributed by atoms with Gasteiger partial charge in [0.15, 0.2) is 0 Å². The van der Waals surface area contributed by atoms with Gasteiger partial charge in [-0.15, -0.1) is 0 Å². The van der Waals surface area contributed by atoms with E-state index >= 15 is 0 Å². The summed E-state index contributed by atoms with van der Waals surface area (Å²) in [6.45, 7) is 0. The molecule has 0 saturated heterocycles. The van der Waals surface area contributed by atoms with Crippen LogP contribution in [0.4, 0.5) is 5.69 Å². The van der Waals surface area contributed by atoms with Gasteiger partial charge in [0.25, 0.3) is 5.91 Å². The number of para-hydroxylation sites is 1. The average Bonchev–Trinajstić information content (AvgIpc) is 2.47. The molecule has 0 unspecified atom stereocenters. The molecule has 0 saturated carbocycles. The van der Waals surface area contributed by atoms with Crippen LogP contribution in [0.25, 0.3) is 10.9 Å². The molecule has 1 amide bonds. The molecular formula is C15H10BrN3O. The molecule has 0 atom stereocenters. The van der Waals surface area contributed by atoms with Crippen LogP contribution in [0, 0.1) is 0 Å². The summed E-state index contributed by atoms with van der Waals surface area (Å²) in [5, 5.41) is 3.82. The summed E-state index contributed by atoms with van der Waals surface area (Å²) in [7, 11) is 0. The maximum Gasteiger partial charge on any atom is 0.274 e. The van der Waals surface area contributed by atoms with Crippen LogP contribution in [-0.4, -0.2) is 15.9 Å². The quantitative estimate of drug-likeness (QED) is 0.781. The zero-order valence-corrected chi connectivity index (χ0v) is 12.0. The van der Waals surface area contributed by atoms with E-state index in [1.165, 1.54) is 0 Å². The number of amides is 1. The van der Waals surface area contributed by atoms with E-state index in [0.29, 0.717) is 11.4 Å². The lowest BCUT2D eigenvalue weighted by molar-refractivity contribution is 0.102. The maximum atomic E-state index is 12.2. The van der Waals surface area contributed by atoms with Crippen LogP contribution < -0.4 is 5.32 Å². The summed E-state index contributed by atoms with van der Waals surface area (Å²) >= 11 is 3.32. The van der Waals surface area contributed by atoms with Crippen LogP contribution in [-0.2, 0) is 0 Å². The number of halogens is 1. The van der Waals surface area contributed by atoms with Crippen molar-refractivity contribution in [2.24, 2.45) is 0 Å². The van der Waals surface area contributed by atoms with Crippen molar-refractivity contribution in [1.29, 1.82) is 0 Å². The zero-order chi connectivity index (χ0) is 13.9. The van der Waals surface area contributed by atoms with Gasteiger partial charge in [-0.3, -0.25) is 14.8 Å². The molecule has 2 heterocycles. The third-order valence-corrected chi connectivity index (χ3v) is 3.33. The van der Waals surface area contributed by atoms with E-state index in [1.54, 1.807) is 24.5 Å². The molecular weight excluding hydrogens is 318 g/mol. The van der Waals surface area contributed by atoms with Crippen molar-refractivity contribution in [3.63, 3.8) is 0 Å². The molecule has 0 fully saturated rings. The predicted octanol–water partition coefficient (Wildman–Crippen LogP) is 3.64. The highest BCUT2D eigenvalue weighted by molar-refractivity contribution is 9.10. The summed E-state index contributed by atoms with van der Waals surface area (Å²) < 4.78 is 0.814. The van der Waals surface area contributed by atoms with Crippen molar-refractivity contribution in [2.45, 2.75) is 0 Å². The van der Waals surface area contributed by atoms with Gasteiger partial charge in [-0.1, -0.05) is 34.1 Å². The second kappa shape index (κ2) is 5.38. The number of nitrogens with one attached hydrogen (secondary N) is 1. The molecule has 0 spiro atoms. The number of aromatic nitrogens is 2. The standard InChI is InChI=1S/C15H10BrN3O/c16-11-6-8-17-13(9-11)15(20)19-12-5-1-3-10-4-2-7-18-14(10)12/h1-9H,(H,19,20). The Morgan fingerprint density at radius 3 is 2.75 bits per heavy atom. The van der Waals surface area contributed by atoms with E-state index in [4.69, 9.17) is 0 Å². The van der Waals surface area contributed by atoms with Gasteiger partial charge >= 0.3 is 0 Å². The molecule has 20 heavy (non-hydrogen) atoms. The first-order chi connectivity index (χ1) is 9.74. The van der Waals surface area contributed by atoms with Gasteiger partial charge in [-0.05, 0) is 24.3 Å². The van der Waals surface area contributed by atoms with Crippen molar-refractivity contribution in [2.75, 3.05) is 5.32 Å². The van der Waals surface area contributed by atoms with Gasteiger partial charge in [0.05, 0.1) is 11.2 Å². The average molecular weight is 328 g/mol. The Labute approximate surface area is 124 Å². The van der Waals surface area contributed by atoms with Crippen LogP contribution in [0.2, 0.25) is 0 Å². The second-order valence-electron chi connectivity index (χ2n) is 4.19. The molecule has 4 nitrogen and oxygen atoms in total. The van der Waals surface area contributed by atoms with Crippen molar-refractivity contribution in [3.05, 3.63) is 65.0 Å². The first-order valence-electron chi connectivity index (χ1n) is 6.01. The van der Waals surface area contributed by atoms with E-state index in [0.717, 1.165) is 15.4 Å². The third kappa shape index (κ3) is 2.53. The van der Waals surface area contributed by atoms with Crippen molar-refractivity contribution >= 4 is 38.4 Å². The summed E-state index contributed by atoms with van der Waals surface area (Å²) in [4.78, 5) is 20.5. The molecule has 0 aliphatic carbocycles. The number of pyridine rings is 2. The number of carbonyl (C=O) groups excluding carboxylic acids is 1. The highest BCUT2D eigenvalue weighted by Crippen LogP contribution is 2.21. The summed E-state index contributed by atoms with van der Waals surface area (Å²) in [5.74, 6) is -0.260. The Kier molecular flexibility index (Phi) is 3.43. The van der Waals surface area contributed by atoms with Crippen LogP contribution in [0.15, 0.2) is 59.3 Å². The lowest BCUT2D eigenvalue weighted by atomic mass is 10.2. The van der Waals surface area contributed by atoms with Gasteiger partial charge in [-0.2, -0.15) is 0 Å². The first kappa shape index (κ1) is 12.7. The van der Waals surface area contributed by atoms with Gasteiger partial charge in [0, 0.05) is 22.3 Å². The molecule has 5 heteroatoms. The topological polar surface area (TPSA) is 54.9 Å². The fourth-order valence-corrected chi connectivity index (χ4v) is 2.26. The Balaban J connectivity index is 1.95. The predicted molar refractivity (Wildman–Crippen MR) is 81.6 cm³/mol. The minimum Gasteiger partial charge on any atom is -0.319 e. The molecule has 3 aromatic rings. The summed E-state index contributed by atoms with van der Waals surface area (Å²) in [6, 6.07) is 12.9. The number of benzene rings is 1. The molecule has 1 N–H and O–H groups in total. The Morgan fingerprint density at radius 1 is 1.05 bits per heavy atom. The largest absolute Gasteiger partial charge is 0.319 e. The highest BCUT2D eigenvalue weighted by Gasteiger charge is 2.10. The number of nitrogens with zero attached hydrogens (tertiary/aromatic N) is 2. The molecule has 3 rings (SSSR count). The number of fused-ring (bicyclic) bond motifs is 1. The minimum absolute atomic E-state index is 0.260. The molecule has 98 valence electrons. The zero-order valence-electron chi connectivity index (χ0n) is 10.4. The minimum atomic E-state index is -0.260. The molecule has 1 aromatic carbocycles. The molecule has 0 aliphatic heterocycles. The van der Waals surface area contributed by atoms with Crippen molar-refractivity contribution in [3.8, 4) is 0 Å². The molecule has 0 radical (unpaired) electrons. The lowest BCUT2D eigenvalue weighted by Crippen LogP contribution is -2.13. The second-order valence-corrected chi connectivity index (χ2v) is 5.11. The van der Waals surface area contributed by atoms with Gasteiger partial charge in [0.1, 0.15) is 5.69 Å². The molecule has 2 aromatic heterocycles. The van der Waals surface area contributed by atoms with Crippen LogP contribution >= 0.6 is 15.9 Å². The van der Waals surface area contributed by atoms with Crippen molar-refractivity contribution in [1.82, 2.24) is 9.97 Å². The number of carbonyl (C=O) groups is 1. The van der Waals surface area contributed by atoms with E-state index < -0.39 is 0 Å². The number of hydrogen-bond donors (Lipinski definition) is 1. The lowest BCUT2D eigenvalue weighted by Gasteiger charge is -2.07.